The third-order valence-corrected chi connectivity index (χ3v) is 4.25. The molecule has 0 aromatic heterocycles. The lowest BCUT2D eigenvalue weighted by Crippen LogP contribution is -2.54. The van der Waals surface area contributed by atoms with Gasteiger partial charge in [0.2, 0.25) is 0 Å². The minimum atomic E-state index is -0.0858. The highest BCUT2D eigenvalue weighted by atomic mass is 16.6. The van der Waals surface area contributed by atoms with Crippen LogP contribution >= 0.6 is 0 Å². The second-order valence-corrected chi connectivity index (χ2v) is 6.31. The summed E-state index contributed by atoms with van der Waals surface area (Å²) >= 11 is 0. The van der Waals surface area contributed by atoms with Crippen LogP contribution in [0.2, 0.25) is 0 Å². The van der Waals surface area contributed by atoms with Gasteiger partial charge >= 0.3 is 0 Å². The fraction of sp³-hybridized carbons (Fsp3) is 0.562. The zero-order chi connectivity index (χ0) is 14.9. The number of ether oxygens (including phenoxy) is 2. The van der Waals surface area contributed by atoms with Crippen molar-refractivity contribution < 1.29 is 14.3 Å². The van der Waals surface area contributed by atoms with Gasteiger partial charge in [-0.3, -0.25) is 4.79 Å². The molecule has 1 aromatic carbocycles. The van der Waals surface area contributed by atoms with Crippen molar-refractivity contribution in [2.45, 2.75) is 26.3 Å². The molecule has 5 heteroatoms. The molecule has 2 aliphatic rings. The van der Waals surface area contributed by atoms with Gasteiger partial charge in [0.15, 0.2) is 11.5 Å². The summed E-state index contributed by atoms with van der Waals surface area (Å²) in [5.74, 6) is 1.13. The van der Waals surface area contributed by atoms with Crippen molar-refractivity contribution in [1.82, 2.24) is 10.6 Å². The number of hydrogen-bond donors (Lipinski definition) is 2. The van der Waals surface area contributed by atoms with Gasteiger partial charge in [-0.15, -0.1) is 0 Å². The van der Waals surface area contributed by atoms with E-state index in [0.717, 1.165) is 19.5 Å². The molecule has 21 heavy (non-hydrogen) atoms. The molecule has 2 N–H and O–H groups in total. The van der Waals surface area contributed by atoms with E-state index < -0.39 is 0 Å². The molecule has 5 nitrogen and oxygen atoms in total. The molecule has 0 radical (unpaired) electrons. The number of fused-ring (bicyclic) bond motifs is 1. The third-order valence-electron chi connectivity index (χ3n) is 4.25. The molecule has 1 aromatic rings. The highest BCUT2D eigenvalue weighted by Crippen LogP contribution is 2.34. The van der Waals surface area contributed by atoms with E-state index in [9.17, 15) is 4.79 Å². The van der Waals surface area contributed by atoms with Gasteiger partial charge in [-0.25, -0.2) is 0 Å². The number of amides is 1. The van der Waals surface area contributed by atoms with Crippen LogP contribution in [-0.2, 0) is 0 Å². The van der Waals surface area contributed by atoms with Crippen LogP contribution in [0.25, 0.3) is 0 Å². The molecule has 0 spiro atoms. The summed E-state index contributed by atoms with van der Waals surface area (Å²) in [7, 11) is 0. The average molecular weight is 290 g/mol. The van der Waals surface area contributed by atoms with Crippen molar-refractivity contribution in [3.05, 3.63) is 23.8 Å². The van der Waals surface area contributed by atoms with Gasteiger partial charge in [-0.2, -0.15) is 0 Å². The van der Waals surface area contributed by atoms with Crippen LogP contribution in [0.3, 0.4) is 0 Å². The number of carbonyl (C=O) groups is 1. The Bertz CT molecular complexity index is 542. The Labute approximate surface area is 125 Å². The van der Waals surface area contributed by atoms with Crippen LogP contribution in [-0.4, -0.2) is 38.3 Å². The number of carbonyl (C=O) groups excluding carboxylic acids is 1. The highest BCUT2D eigenvalue weighted by Gasteiger charge is 2.34. The molecule has 0 bridgehead atoms. The molecule has 1 amide bonds. The van der Waals surface area contributed by atoms with Gasteiger partial charge in [-0.05, 0) is 30.5 Å². The lowest BCUT2D eigenvalue weighted by atomic mass is 9.80. The van der Waals surface area contributed by atoms with Crippen LogP contribution in [0.5, 0.6) is 11.5 Å². The third kappa shape index (κ3) is 2.83. The fourth-order valence-electron chi connectivity index (χ4n) is 2.93. The number of piperidine rings is 1. The Kier molecular flexibility index (Phi) is 3.76. The van der Waals surface area contributed by atoms with E-state index in [-0.39, 0.29) is 17.4 Å². The number of nitrogens with one attached hydrogen (secondary N) is 2. The summed E-state index contributed by atoms with van der Waals surface area (Å²) < 4.78 is 11.1. The van der Waals surface area contributed by atoms with E-state index >= 15 is 0 Å². The summed E-state index contributed by atoms with van der Waals surface area (Å²) in [4.78, 5) is 12.6. The Hall–Kier alpha value is -1.75. The highest BCUT2D eigenvalue weighted by molar-refractivity contribution is 5.98. The Balaban J connectivity index is 1.79. The maximum Gasteiger partial charge on any atom is 0.255 e. The molecule has 2 heterocycles. The maximum atomic E-state index is 12.6. The second-order valence-electron chi connectivity index (χ2n) is 6.31. The van der Waals surface area contributed by atoms with E-state index in [2.05, 4.69) is 24.5 Å². The predicted octanol–water partition coefficient (Wildman–Crippen LogP) is 1.58. The summed E-state index contributed by atoms with van der Waals surface area (Å²) in [6.45, 7) is 7.19. The first-order valence-electron chi connectivity index (χ1n) is 7.48. The predicted molar refractivity (Wildman–Crippen MR) is 80.0 cm³/mol. The van der Waals surface area contributed by atoms with Gasteiger partial charge < -0.3 is 20.1 Å². The molecule has 3 rings (SSSR count). The molecule has 1 atom stereocenters. The monoisotopic (exact) mass is 290 g/mol. The number of hydrogen-bond acceptors (Lipinski definition) is 4. The van der Waals surface area contributed by atoms with E-state index in [1.807, 2.05) is 12.1 Å². The SMILES string of the molecule is CC1(C)CNCCC1NC(=O)c1cccc2c1OCCO2. The standard InChI is InChI=1S/C16H22N2O3/c1-16(2)10-17-7-6-13(16)18-15(19)11-4-3-5-12-14(11)21-9-8-20-12/h3-5,13,17H,6-10H2,1-2H3,(H,18,19). The van der Waals surface area contributed by atoms with Gasteiger partial charge in [-0.1, -0.05) is 19.9 Å². The largest absolute Gasteiger partial charge is 0.486 e. The summed E-state index contributed by atoms with van der Waals surface area (Å²) in [6.07, 6.45) is 0.936. The normalized spacial score (nSPS) is 23.4. The Morgan fingerprint density at radius 3 is 2.95 bits per heavy atom. The minimum absolute atomic E-state index is 0.0418. The number of benzene rings is 1. The zero-order valence-corrected chi connectivity index (χ0v) is 12.6. The Morgan fingerprint density at radius 2 is 2.14 bits per heavy atom. The maximum absolute atomic E-state index is 12.6. The molecule has 1 saturated heterocycles. The first-order chi connectivity index (χ1) is 10.1. The molecule has 114 valence electrons. The fourth-order valence-corrected chi connectivity index (χ4v) is 2.93. The zero-order valence-electron chi connectivity index (χ0n) is 12.6. The quantitative estimate of drug-likeness (QED) is 0.868. The van der Waals surface area contributed by atoms with Crippen molar-refractivity contribution in [2.24, 2.45) is 5.41 Å². The minimum Gasteiger partial charge on any atom is -0.486 e. The van der Waals surface area contributed by atoms with Crippen molar-refractivity contribution in [3.63, 3.8) is 0 Å². The van der Waals surface area contributed by atoms with Gasteiger partial charge in [0.25, 0.3) is 5.91 Å². The van der Waals surface area contributed by atoms with Crippen molar-refractivity contribution in [2.75, 3.05) is 26.3 Å². The van der Waals surface area contributed by atoms with E-state index in [4.69, 9.17) is 9.47 Å². The summed E-state index contributed by atoms with van der Waals surface area (Å²) in [6, 6.07) is 5.61. The van der Waals surface area contributed by atoms with Crippen LogP contribution < -0.4 is 20.1 Å². The summed E-state index contributed by atoms with van der Waals surface area (Å²) in [5, 5.41) is 6.53. The number of rotatable bonds is 2. The van der Waals surface area contributed by atoms with Crippen molar-refractivity contribution in [3.8, 4) is 11.5 Å². The van der Waals surface area contributed by atoms with Crippen molar-refractivity contribution >= 4 is 5.91 Å². The molecule has 0 saturated carbocycles. The van der Waals surface area contributed by atoms with Crippen molar-refractivity contribution in [1.29, 1.82) is 0 Å². The second kappa shape index (κ2) is 5.56. The van der Waals surface area contributed by atoms with Gasteiger partial charge in [0, 0.05) is 12.6 Å². The molecule has 1 fully saturated rings. The Morgan fingerprint density at radius 1 is 1.33 bits per heavy atom. The van der Waals surface area contributed by atoms with Crippen LogP contribution in [0, 0.1) is 5.41 Å². The average Bonchev–Trinajstić information content (AvgIpc) is 2.48. The molecule has 2 aliphatic heterocycles. The summed E-state index contributed by atoms with van der Waals surface area (Å²) in [5.41, 5.74) is 0.599. The van der Waals surface area contributed by atoms with E-state index in [1.165, 1.54) is 0 Å². The molecule has 0 aliphatic carbocycles. The molecule has 1 unspecified atom stereocenters. The van der Waals surface area contributed by atoms with Gasteiger partial charge in [0.1, 0.15) is 13.2 Å². The van der Waals surface area contributed by atoms with E-state index in [0.29, 0.717) is 30.3 Å². The smallest absolute Gasteiger partial charge is 0.255 e. The lowest BCUT2D eigenvalue weighted by Gasteiger charge is -2.39. The topological polar surface area (TPSA) is 59.6 Å². The first-order valence-corrected chi connectivity index (χ1v) is 7.48. The molecular weight excluding hydrogens is 268 g/mol. The van der Waals surface area contributed by atoms with E-state index in [1.54, 1.807) is 6.07 Å². The van der Waals surface area contributed by atoms with Gasteiger partial charge in [0.05, 0.1) is 5.56 Å². The van der Waals surface area contributed by atoms with Crippen LogP contribution in [0.4, 0.5) is 0 Å². The number of para-hydroxylation sites is 1. The van der Waals surface area contributed by atoms with Crippen LogP contribution in [0.1, 0.15) is 30.6 Å². The van der Waals surface area contributed by atoms with Crippen LogP contribution in [0.15, 0.2) is 18.2 Å². The lowest BCUT2D eigenvalue weighted by molar-refractivity contribution is 0.0858. The first kappa shape index (κ1) is 14.2. The molecular formula is C16H22N2O3.